The number of hydrogen-bond donors (Lipinski definition) is 0. The normalized spacial score (nSPS) is 10.6. The summed E-state index contributed by atoms with van der Waals surface area (Å²) in [5.41, 5.74) is 0.716. The van der Waals surface area contributed by atoms with Crippen LogP contribution < -0.4 is 4.90 Å². The van der Waals surface area contributed by atoms with Gasteiger partial charge in [-0.1, -0.05) is 11.6 Å². The summed E-state index contributed by atoms with van der Waals surface area (Å²) < 4.78 is 15.2. The molecule has 0 aliphatic heterocycles. The first-order valence-electron chi connectivity index (χ1n) is 5.34. The van der Waals surface area contributed by atoms with Crippen molar-refractivity contribution in [2.75, 3.05) is 11.9 Å². The van der Waals surface area contributed by atoms with Gasteiger partial charge in [-0.25, -0.2) is 4.39 Å². The Bertz CT molecular complexity index is 524. The molecule has 0 aliphatic rings. The molecule has 0 bridgehead atoms. The van der Waals surface area contributed by atoms with Crippen molar-refractivity contribution in [1.29, 1.82) is 0 Å². The van der Waals surface area contributed by atoms with Crippen LogP contribution in [0.25, 0.3) is 0 Å². The van der Waals surface area contributed by atoms with Crippen LogP contribution in [0.3, 0.4) is 0 Å². The number of nitrogens with zero attached hydrogens (tertiary/aromatic N) is 3. The summed E-state index contributed by atoms with van der Waals surface area (Å²) in [4.78, 5) is 1.81. The predicted molar refractivity (Wildman–Crippen MR) is 67.4 cm³/mol. The van der Waals surface area contributed by atoms with E-state index in [1.54, 1.807) is 12.1 Å². The summed E-state index contributed by atoms with van der Waals surface area (Å²) in [5, 5.41) is 4.47. The lowest BCUT2D eigenvalue weighted by Gasteiger charge is -2.16. The van der Waals surface area contributed by atoms with E-state index in [1.807, 2.05) is 35.8 Å². The zero-order chi connectivity index (χ0) is 12.4. The van der Waals surface area contributed by atoms with Gasteiger partial charge in [0, 0.05) is 31.5 Å². The van der Waals surface area contributed by atoms with Gasteiger partial charge in [0.2, 0.25) is 0 Å². The van der Waals surface area contributed by atoms with Crippen LogP contribution in [-0.4, -0.2) is 16.8 Å². The van der Waals surface area contributed by atoms with Crippen molar-refractivity contribution in [3.8, 4) is 0 Å². The SMILES string of the molecule is CCn1ccc(N(C)c2ccc(Cl)c(F)c2)n1. The largest absolute Gasteiger partial charge is 0.328 e. The number of halogens is 2. The van der Waals surface area contributed by atoms with Crippen LogP contribution in [0.5, 0.6) is 0 Å². The highest BCUT2D eigenvalue weighted by Gasteiger charge is 2.09. The second-order valence-corrected chi connectivity index (χ2v) is 4.09. The molecular weight excluding hydrogens is 241 g/mol. The van der Waals surface area contributed by atoms with E-state index < -0.39 is 5.82 Å². The molecule has 0 spiro atoms. The molecule has 2 rings (SSSR count). The highest BCUT2D eigenvalue weighted by Crippen LogP contribution is 2.25. The molecule has 1 heterocycles. The Hall–Kier alpha value is -1.55. The third kappa shape index (κ3) is 2.42. The van der Waals surface area contributed by atoms with Gasteiger partial charge in [0.25, 0.3) is 0 Å². The Labute approximate surface area is 104 Å². The molecule has 0 radical (unpaired) electrons. The maximum atomic E-state index is 13.3. The van der Waals surface area contributed by atoms with E-state index in [0.717, 1.165) is 12.4 Å². The topological polar surface area (TPSA) is 21.1 Å². The highest BCUT2D eigenvalue weighted by molar-refractivity contribution is 6.30. The number of benzene rings is 1. The van der Waals surface area contributed by atoms with Crippen LogP contribution in [0.4, 0.5) is 15.9 Å². The molecule has 1 aromatic carbocycles. The van der Waals surface area contributed by atoms with Crippen molar-refractivity contribution < 1.29 is 4.39 Å². The van der Waals surface area contributed by atoms with E-state index in [-0.39, 0.29) is 5.02 Å². The minimum absolute atomic E-state index is 0.126. The fourth-order valence-corrected chi connectivity index (χ4v) is 1.65. The van der Waals surface area contributed by atoms with Crippen molar-refractivity contribution in [2.24, 2.45) is 0 Å². The Morgan fingerprint density at radius 1 is 1.41 bits per heavy atom. The van der Waals surface area contributed by atoms with E-state index in [0.29, 0.717) is 5.69 Å². The molecule has 0 N–H and O–H groups in total. The van der Waals surface area contributed by atoms with Crippen LogP contribution in [0.15, 0.2) is 30.5 Å². The molecule has 0 saturated carbocycles. The minimum Gasteiger partial charge on any atom is -0.328 e. The van der Waals surface area contributed by atoms with Gasteiger partial charge in [-0.15, -0.1) is 0 Å². The van der Waals surface area contributed by atoms with Crippen LogP contribution in [0.2, 0.25) is 5.02 Å². The van der Waals surface area contributed by atoms with Gasteiger partial charge >= 0.3 is 0 Å². The zero-order valence-corrected chi connectivity index (χ0v) is 10.4. The van der Waals surface area contributed by atoms with Crippen LogP contribution in [0, 0.1) is 5.82 Å². The smallest absolute Gasteiger partial charge is 0.154 e. The molecule has 0 fully saturated rings. The summed E-state index contributed by atoms with van der Waals surface area (Å²) >= 11 is 5.64. The van der Waals surface area contributed by atoms with Crippen molar-refractivity contribution in [2.45, 2.75) is 13.5 Å². The average molecular weight is 254 g/mol. The first-order chi connectivity index (χ1) is 8.11. The van der Waals surface area contributed by atoms with Crippen LogP contribution in [0.1, 0.15) is 6.92 Å². The molecular formula is C12H13ClFN3. The Balaban J connectivity index is 2.29. The number of aryl methyl sites for hydroxylation is 1. The summed E-state index contributed by atoms with van der Waals surface area (Å²) in [5.74, 6) is 0.347. The van der Waals surface area contributed by atoms with E-state index >= 15 is 0 Å². The summed E-state index contributed by atoms with van der Waals surface area (Å²) in [6.07, 6.45) is 1.89. The summed E-state index contributed by atoms with van der Waals surface area (Å²) in [6, 6.07) is 6.58. The molecule has 1 aromatic heterocycles. The fourth-order valence-electron chi connectivity index (χ4n) is 1.53. The lowest BCUT2D eigenvalue weighted by molar-refractivity contribution is 0.628. The first kappa shape index (κ1) is 11.9. The van der Waals surface area contributed by atoms with Crippen LogP contribution in [-0.2, 0) is 6.54 Å². The van der Waals surface area contributed by atoms with Crippen molar-refractivity contribution in [3.63, 3.8) is 0 Å². The highest BCUT2D eigenvalue weighted by atomic mass is 35.5. The molecule has 90 valence electrons. The molecule has 0 atom stereocenters. The second-order valence-electron chi connectivity index (χ2n) is 3.69. The van der Waals surface area contributed by atoms with Gasteiger partial charge in [-0.05, 0) is 25.1 Å². The second kappa shape index (κ2) is 4.75. The molecule has 3 nitrogen and oxygen atoms in total. The number of rotatable bonds is 3. The first-order valence-corrected chi connectivity index (χ1v) is 5.72. The Kier molecular flexibility index (Phi) is 3.33. The molecule has 0 saturated heterocycles. The molecule has 0 amide bonds. The van der Waals surface area contributed by atoms with E-state index in [4.69, 9.17) is 11.6 Å². The van der Waals surface area contributed by atoms with Gasteiger partial charge < -0.3 is 4.90 Å². The third-order valence-corrected chi connectivity index (χ3v) is 2.89. The van der Waals surface area contributed by atoms with Crippen LogP contribution >= 0.6 is 11.6 Å². The Morgan fingerprint density at radius 3 is 2.76 bits per heavy atom. The molecule has 5 heteroatoms. The minimum atomic E-state index is -0.425. The fraction of sp³-hybridized carbons (Fsp3) is 0.250. The van der Waals surface area contributed by atoms with E-state index in [2.05, 4.69) is 5.10 Å². The molecule has 0 aliphatic carbocycles. The van der Waals surface area contributed by atoms with E-state index in [1.165, 1.54) is 6.07 Å². The van der Waals surface area contributed by atoms with Crippen molar-refractivity contribution >= 4 is 23.1 Å². The van der Waals surface area contributed by atoms with Gasteiger partial charge in [0.15, 0.2) is 5.82 Å². The van der Waals surface area contributed by atoms with E-state index in [9.17, 15) is 4.39 Å². The number of anilines is 2. The summed E-state index contributed by atoms with van der Waals surface area (Å²) in [6.45, 7) is 2.82. The Morgan fingerprint density at radius 2 is 2.18 bits per heavy atom. The maximum Gasteiger partial charge on any atom is 0.154 e. The maximum absolute atomic E-state index is 13.3. The zero-order valence-electron chi connectivity index (χ0n) is 9.69. The van der Waals surface area contributed by atoms with Gasteiger partial charge in [0.05, 0.1) is 5.02 Å². The molecule has 17 heavy (non-hydrogen) atoms. The lowest BCUT2D eigenvalue weighted by atomic mass is 10.3. The third-order valence-electron chi connectivity index (χ3n) is 2.58. The van der Waals surface area contributed by atoms with Crippen molar-refractivity contribution in [1.82, 2.24) is 9.78 Å². The quantitative estimate of drug-likeness (QED) is 0.835. The lowest BCUT2D eigenvalue weighted by Crippen LogP contribution is -2.11. The number of hydrogen-bond acceptors (Lipinski definition) is 2. The van der Waals surface area contributed by atoms with Crippen molar-refractivity contribution in [3.05, 3.63) is 41.3 Å². The number of aromatic nitrogens is 2. The monoisotopic (exact) mass is 253 g/mol. The standard InChI is InChI=1S/C12H13ClFN3/c1-3-17-7-6-12(15-17)16(2)9-4-5-10(13)11(14)8-9/h4-8H,3H2,1-2H3. The summed E-state index contributed by atoms with van der Waals surface area (Å²) in [7, 11) is 1.84. The molecule has 0 unspecified atom stereocenters. The van der Waals surface area contributed by atoms with Gasteiger partial charge in [0.1, 0.15) is 5.82 Å². The van der Waals surface area contributed by atoms with Gasteiger partial charge in [-0.3, -0.25) is 4.68 Å². The van der Waals surface area contributed by atoms with Gasteiger partial charge in [-0.2, -0.15) is 5.10 Å². The average Bonchev–Trinajstić information content (AvgIpc) is 2.80. The molecule has 2 aromatic rings. The predicted octanol–water partition coefficient (Wildman–Crippen LogP) is 3.46.